The van der Waals surface area contributed by atoms with E-state index in [9.17, 15) is 0 Å². The molecule has 0 saturated carbocycles. The lowest BCUT2D eigenvalue weighted by Crippen LogP contribution is -2.40. The molecule has 9 nitrogen and oxygen atoms in total. The number of para-hydroxylation sites is 1. The summed E-state index contributed by atoms with van der Waals surface area (Å²) in [6.07, 6.45) is 8.13. The Morgan fingerprint density at radius 3 is 2.69 bits per heavy atom. The Kier molecular flexibility index (Phi) is 6.91. The van der Waals surface area contributed by atoms with Crippen molar-refractivity contribution in [2.75, 3.05) is 23.3 Å². The fourth-order valence-corrected chi connectivity index (χ4v) is 5.35. The Labute approximate surface area is 229 Å². The second-order valence-electron chi connectivity index (χ2n) is 10.9. The van der Waals surface area contributed by atoms with Crippen LogP contribution in [0.4, 0.5) is 11.9 Å². The maximum Gasteiger partial charge on any atom is 0.230 e. The summed E-state index contributed by atoms with van der Waals surface area (Å²) in [5.41, 5.74) is 12.6. The van der Waals surface area contributed by atoms with Gasteiger partial charge in [0.25, 0.3) is 0 Å². The third kappa shape index (κ3) is 5.06. The first-order valence-electron chi connectivity index (χ1n) is 14.1. The van der Waals surface area contributed by atoms with Crippen LogP contribution in [0.25, 0.3) is 22.2 Å². The number of anilines is 2. The number of piperidine rings is 1. The van der Waals surface area contributed by atoms with E-state index < -0.39 is 0 Å². The number of hydrogen-bond acceptors (Lipinski definition) is 7. The first kappa shape index (κ1) is 25.3. The smallest absolute Gasteiger partial charge is 0.230 e. The average Bonchev–Trinajstić information content (AvgIpc) is 3.57. The summed E-state index contributed by atoms with van der Waals surface area (Å²) in [5, 5.41) is 14.3. The molecule has 1 aliphatic heterocycles. The number of rotatable bonds is 8. The van der Waals surface area contributed by atoms with Crippen molar-refractivity contribution in [1.82, 2.24) is 29.4 Å². The Balaban J connectivity index is 1.32. The molecule has 4 heterocycles. The molecule has 0 unspecified atom stereocenters. The Hall–Kier alpha value is -3.98. The van der Waals surface area contributed by atoms with Crippen molar-refractivity contribution in [3.8, 4) is 5.69 Å². The van der Waals surface area contributed by atoms with E-state index in [1.165, 1.54) is 5.56 Å². The van der Waals surface area contributed by atoms with Crippen LogP contribution < -0.4 is 16.0 Å². The average molecular weight is 524 g/mol. The first-order valence-corrected chi connectivity index (χ1v) is 14.1. The van der Waals surface area contributed by atoms with Gasteiger partial charge in [0.1, 0.15) is 0 Å². The number of aryl methyl sites for hydroxylation is 1. The van der Waals surface area contributed by atoms with Gasteiger partial charge in [0, 0.05) is 42.8 Å². The van der Waals surface area contributed by atoms with Gasteiger partial charge in [-0.15, -0.1) is 0 Å². The van der Waals surface area contributed by atoms with E-state index >= 15 is 0 Å². The van der Waals surface area contributed by atoms with E-state index in [4.69, 9.17) is 20.8 Å². The second kappa shape index (κ2) is 10.6. The van der Waals surface area contributed by atoms with Gasteiger partial charge in [-0.25, -0.2) is 4.68 Å². The molecule has 0 radical (unpaired) electrons. The normalized spacial score (nSPS) is 14.6. The SMILES string of the molecule is CCCc1ccc2nn(-c3ccccc3CNc3nc(N4CCC(N)CC4)nc4c(C(C)C)cnn34)cc2c1. The number of benzene rings is 2. The number of nitrogens with zero attached hydrogens (tertiary/aromatic N) is 7. The van der Waals surface area contributed by atoms with Gasteiger partial charge >= 0.3 is 0 Å². The molecule has 5 aromatic rings. The molecule has 9 heteroatoms. The predicted molar refractivity (Wildman–Crippen MR) is 157 cm³/mol. The summed E-state index contributed by atoms with van der Waals surface area (Å²) < 4.78 is 3.81. The van der Waals surface area contributed by atoms with Crippen LogP contribution in [-0.4, -0.2) is 48.5 Å². The quantitative estimate of drug-likeness (QED) is 0.292. The van der Waals surface area contributed by atoms with E-state index in [0.717, 1.165) is 78.1 Å². The highest BCUT2D eigenvalue weighted by Crippen LogP contribution is 2.26. The van der Waals surface area contributed by atoms with Crippen LogP contribution >= 0.6 is 0 Å². The zero-order valence-corrected chi connectivity index (χ0v) is 23.0. The molecule has 0 bridgehead atoms. The van der Waals surface area contributed by atoms with Gasteiger partial charge in [-0.05, 0) is 54.5 Å². The lowest BCUT2D eigenvalue weighted by molar-refractivity contribution is 0.495. The van der Waals surface area contributed by atoms with Crippen molar-refractivity contribution in [3.05, 3.63) is 71.5 Å². The molecule has 2 aromatic carbocycles. The molecule has 3 aromatic heterocycles. The van der Waals surface area contributed by atoms with E-state index in [1.807, 2.05) is 15.4 Å². The highest BCUT2D eigenvalue weighted by molar-refractivity contribution is 5.79. The lowest BCUT2D eigenvalue weighted by Gasteiger charge is -2.30. The molecule has 202 valence electrons. The van der Waals surface area contributed by atoms with Gasteiger partial charge in [0.2, 0.25) is 11.9 Å². The second-order valence-corrected chi connectivity index (χ2v) is 10.9. The Morgan fingerprint density at radius 1 is 1.08 bits per heavy atom. The summed E-state index contributed by atoms with van der Waals surface area (Å²) in [5.74, 6) is 1.72. The zero-order chi connectivity index (χ0) is 26.9. The van der Waals surface area contributed by atoms with Gasteiger partial charge in [0.15, 0.2) is 5.65 Å². The predicted octanol–water partition coefficient (Wildman–Crippen LogP) is 5.08. The van der Waals surface area contributed by atoms with Crippen molar-refractivity contribution in [2.45, 2.75) is 65.0 Å². The molecule has 0 atom stereocenters. The van der Waals surface area contributed by atoms with Crippen molar-refractivity contribution in [3.63, 3.8) is 0 Å². The van der Waals surface area contributed by atoms with E-state index in [2.05, 4.69) is 84.7 Å². The number of nitrogens with one attached hydrogen (secondary N) is 1. The van der Waals surface area contributed by atoms with Gasteiger partial charge < -0.3 is 16.0 Å². The highest BCUT2D eigenvalue weighted by atomic mass is 15.4. The number of nitrogens with two attached hydrogens (primary N) is 1. The van der Waals surface area contributed by atoms with Crippen molar-refractivity contribution >= 4 is 28.4 Å². The number of fused-ring (bicyclic) bond motifs is 2. The van der Waals surface area contributed by atoms with Crippen LogP contribution in [0, 0.1) is 0 Å². The van der Waals surface area contributed by atoms with Crippen molar-refractivity contribution in [1.29, 1.82) is 0 Å². The maximum atomic E-state index is 6.16. The minimum absolute atomic E-state index is 0.248. The lowest BCUT2D eigenvalue weighted by atomic mass is 10.1. The Bertz CT molecular complexity index is 1590. The van der Waals surface area contributed by atoms with E-state index in [1.54, 1.807) is 0 Å². The largest absolute Gasteiger partial charge is 0.350 e. The van der Waals surface area contributed by atoms with E-state index in [-0.39, 0.29) is 6.04 Å². The van der Waals surface area contributed by atoms with Gasteiger partial charge in [0.05, 0.1) is 17.4 Å². The van der Waals surface area contributed by atoms with Crippen LogP contribution in [0.2, 0.25) is 0 Å². The summed E-state index contributed by atoms with van der Waals surface area (Å²) >= 11 is 0. The molecule has 3 N–H and O–H groups in total. The van der Waals surface area contributed by atoms with Gasteiger partial charge in [-0.1, -0.05) is 51.5 Å². The topological polar surface area (TPSA) is 102 Å². The molecular formula is C30H37N9. The number of aromatic nitrogens is 6. The van der Waals surface area contributed by atoms with Crippen molar-refractivity contribution in [2.24, 2.45) is 5.73 Å². The van der Waals surface area contributed by atoms with Crippen LogP contribution in [0.3, 0.4) is 0 Å². The minimum Gasteiger partial charge on any atom is -0.350 e. The zero-order valence-electron chi connectivity index (χ0n) is 23.0. The molecule has 0 amide bonds. The van der Waals surface area contributed by atoms with Gasteiger partial charge in [-0.3, -0.25) is 0 Å². The first-order chi connectivity index (χ1) is 19.0. The van der Waals surface area contributed by atoms with Crippen LogP contribution in [-0.2, 0) is 13.0 Å². The Morgan fingerprint density at radius 2 is 1.90 bits per heavy atom. The molecule has 1 saturated heterocycles. The maximum absolute atomic E-state index is 6.16. The molecule has 1 aliphatic rings. The van der Waals surface area contributed by atoms with Crippen LogP contribution in [0.1, 0.15) is 62.6 Å². The summed E-state index contributed by atoms with van der Waals surface area (Å²) in [6.45, 7) is 8.83. The van der Waals surface area contributed by atoms with Crippen LogP contribution in [0.15, 0.2) is 54.9 Å². The minimum atomic E-state index is 0.248. The molecular weight excluding hydrogens is 486 g/mol. The number of hydrogen-bond donors (Lipinski definition) is 2. The van der Waals surface area contributed by atoms with Gasteiger partial charge in [-0.2, -0.15) is 24.7 Å². The highest BCUT2D eigenvalue weighted by Gasteiger charge is 2.22. The standard InChI is InChI=1S/C30H37N9/c1-4-7-21-10-11-26-23(16-21)19-38(36-26)27-9-6-5-8-22(27)17-32-29-35-30(37-14-12-24(31)13-15-37)34-28-25(20(2)3)18-33-39(28)29/h5-6,8-11,16,18-20,24H,4,7,12-15,17,31H2,1-3H3,(H,32,34,35). The fraction of sp³-hybridized carbons (Fsp3) is 0.400. The summed E-state index contributed by atoms with van der Waals surface area (Å²) in [6, 6.07) is 15.2. The molecule has 0 aliphatic carbocycles. The van der Waals surface area contributed by atoms with Crippen molar-refractivity contribution < 1.29 is 0 Å². The fourth-order valence-electron chi connectivity index (χ4n) is 5.35. The third-order valence-electron chi connectivity index (χ3n) is 7.61. The molecule has 6 rings (SSSR count). The van der Waals surface area contributed by atoms with E-state index in [0.29, 0.717) is 18.4 Å². The summed E-state index contributed by atoms with van der Waals surface area (Å²) in [7, 11) is 0. The monoisotopic (exact) mass is 523 g/mol. The summed E-state index contributed by atoms with van der Waals surface area (Å²) in [4.78, 5) is 12.1. The molecule has 39 heavy (non-hydrogen) atoms. The molecule has 0 spiro atoms. The third-order valence-corrected chi connectivity index (χ3v) is 7.61. The van der Waals surface area contributed by atoms with Crippen LogP contribution in [0.5, 0.6) is 0 Å². The molecule has 1 fully saturated rings.